The molecule has 1 fully saturated rings. The van der Waals surface area contributed by atoms with Crippen LogP contribution in [0.3, 0.4) is 0 Å². The lowest BCUT2D eigenvalue weighted by Gasteiger charge is -2.37. The lowest BCUT2D eigenvalue weighted by molar-refractivity contribution is -0.0943. The van der Waals surface area contributed by atoms with Crippen LogP contribution in [0.2, 0.25) is 0 Å². The normalized spacial score (nSPS) is 16.6. The number of aryl methyl sites for hydroxylation is 3. The Labute approximate surface area is 377 Å². The highest BCUT2D eigenvalue weighted by Gasteiger charge is 2.43. The van der Waals surface area contributed by atoms with Crippen molar-refractivity contribution in [3.63, 3.8) is 0 Å². The van der Waals surface area contributed by atoms with Crippen molar-refractivity contribution in [1.82, 2.24) is 24.2 Å². The van der Waals surface area contributed by atoms with E-state index in [2.05, 4.69) is 20.8 Å². The first kappa shape index (κ1) is 43.4. The number of anilines is 1. The number of rotatable bonds is 16. The van der Waals surface area contributed by atoms with Crippen molar-refractivity contribution < 1.29 is 32.9 Å². The number of nitrogens with two attached hydrogens (primary N) is 1. The van der Waals surface area contributed by atoms with Crippen LogP contribution in [0.25, 0.3) is 33.1 Å². The molecule has 16 heteroatoms. The molecule has 330 valence electrons. The number of benzene rings is 4. The predicted molar refractivity (Wildman–Crippen MR) is 249 cm³/mol. The fraction of sp³-hybridized carbons (Fsp3) is 0.292. The zero-order valence-corrected chi connectivity index (χ0v) is 37.6. The van der Waals surface area contributed by atoms with E-state index < -0.39 is 24.0 Å². The average Bonchev–Trinajstić information content (AvgIpc) is 3.98. The third-order valence-electron chi connectivity index (χ3n) is 11.8. The number of furan rings is 1. The molecule has 64 heavy (non-hydrogen) atoms. The number of hydrogen-bond donors (Lipinski definition) is 3. The zero-order valence-electron chi connectivity index (χ0n) is 36.0. The molecular formula is C48H48N6O8S2. The number of thioether (sulfide) groups is 1. The van der Waals surface area contributed by atoms with Crippen molar-refractivity contribution in [3.8, 4) is 11.5 Å². The molecule has 0 saturated carbocycles. The third kappa shape index (κ3) is 8.10. The highest BCUT2D eigenvalue weighted by molar-refractivity contribution is 7.99. The van der Waals surface area contributed by atoms with Gasteiger partial charge in [-0.25, -0.2) is 19.7 Å². The third-order valence-corrected chi connectivity index (χ3v) is 13.6. The van der Waals surface area contributed by atoms with Gasteiger partial charge in [-0.1, -0.05) is 78.3 Å². The smallest absolute Gasteiger partial charge is 0.336 e. The van der Waals surface area contributed by atoms with Crippen LogP contribution >= 0.6 is 23.7 Å². The van der Waals surface area contributed by atoms with Gasteiger partial charge in [0.15, 0.2) is 22.1 Å². The molecule has 4 N–H and O–H groups in total. The Balaban J connectivity index is 0.923. The molecule has 4 aromatic heterocycles. The molecule has 4 aromatic carbocycles. The van der Waals surface area contributed by atoms with Gasteiger partial charge >= 0.3 is 5.63 Å². The Morgan fingerprint density at radius 1 is 0.891 bits per heavy atom. The van der Waals surface area contributed by atoms with E-state index in [1.807, 2.05) is 104 Å². The molecule has 0 spiro atoms. The molecule has 8 aromatic rings. The second-order valence-electron chi connectivity index (χ2n) is 15.6. The first-order chi connectivity index (χ1) is 31.1. The quantitative estimate of drug-likeness (QED) is 0.0276. The molecule has 3 unspecified atom stereocenters. The molecule has 1 aliphatic rings. The van der Waals surface area contributed by atoms with E-state index in [4.69, 9.17) is 38.5 Å². The maximum atomic E-state index is 12.1. The number of aliphatic hydroxyl groups excluding tert-OH is 1. The topological polar surface area (TPSA) is 182 Å². The summed E-state index contributed by atoms with van der Waals surface area (Å²) in [6.07, 6.45) is -0.509. The number of imidazole rings is 1. The fourth-order valence-electron chi connectivity index (χ4n) is 8.48. The largest absolute Gasteiger partial charge is 0.497 e. The molecule has 1 saturated heterocycles. The van der Waals surface area contributed by atoms with Gasteiger partial charge in [-0.15, -0.1) is 0 Å². The van der Waals surface area contributed by atoms with Gasteiger partial charge in [0.25, 0.3) is 0 Å². The van der Waals surface area contributed by atoms with Crippen LogP contribution in [0.4, 0.5) is 5.82 Å². The van der Waals surface area contributed by atoms with Gasteiger partial charge in [-0.2, -0.15) is 0 Å². The van der Waals surface area contributed by atoms with Crippen molar-refractivity contribution >= 4 is 62.6 Å². The van der Waals surface area contributed by atoms with Gasteiger partial charge < -0.3 is 38.6 Å². The minimum absolute atomic E-state index is 0.0508. The summed E-state index contributed by atoms with van der Waals surface area (Å²) in [5.74, 6) is 3.83. The van der Waals surface area contributed by atoms with Gasteiger partial charge in [-0.05, 0) is 73.4 Å². The summed E-state index contributed by atoms with van der Waals surface area (Å²) < 4.78 is 42.0. The maximum Gasteiger partial charge on any atom is 0.336 e. The number of aliphatic hydroxyl groups is 1. The highest BCUT2D eigenvalue weighted by atomic mass is 32.2. The van der Waals surface area contributed by atoms with E-state index in [1.54, 1.807) is 26.2 Å². The van der Waals surface area contributed by atoms with Crippen molar-refractivity contribution in [3.05, 3.63) is 147 Å². The summed E-state index contributed by atoms with van der Waals surface area (Å²) in [4.78, 5) is 25.8. The molecule has 5 heterocycles. The summed E-state index contributed by atoms with van der Waals surface area (Å²) in [6, 6.07) is 29.2. The summed E-state index contributed by atoms with van der Waals surface area (Å²) in [7, 11) is 3.28. The number of ether oxygens (including phenoxy) is 4. The van der Waals surface area contributed by atoms with E-state index in [1.165, 1.54) is 24.2 Å². The number of aromatic nitrogens is 4. The Morgan fingerprint density at radius 3 is 2.25 bits per heavy atom. The average molecular weight is 901 g/mol. The molecule has 14 nitrogen and oxygen atoms in total. The van der Waals surface area contributed by atoms with E-state index in [0.717, 1.165) is 67.0 Å². The molecule has 0 bridgehead atoms. The molecule has 0 amide bonds. The van der Waals surface area contributed by atoms with Crippen molar-refractivity contribution in [2.45, 2.75) is 62.1 Å². The highest BCUT2D eigenvalue weighted by Crippen LogP contribution is 2.44. The minimum Gasteiger partial charge on any atom is -0.497 e. The summed E-state index contributed by atoms with van der Waals surface area (Å²) in [5, 5.41) is 14.2. The molecular weight excluding hydrogens is 853 g/mol. The molecule has 9 rings (SSSR count). The van der Waals surface area contributed by atoms with E-state index in [9.17, 15) is 9.90 Å². The van der Waals surface area contributed by atoms with Crippen LogP contribution in [0.1, 0.15) is 51.8 Å². The van der Waals surface area contributed by atoms with Crippen molar-refractivity contribution in [2.75, 3.05) is 38.9 Å². The van der Waals surface area contributed by atoms with E-state index in [0.29, 0.717) is 40.0 Å². The Morgan fingerprint density at radius 2 is 1.56 bits per heavy atom. The first-order valence-electron chi connectivity index (χ1n) is 20.8. The van der Waals surface area contributed by atoms with Gasteiger partial charge in [0.1, 0.15) is 52.7 Å². The Kier molecular flexibility index (Phi) is 12.4. The lowest BCUT2D eigenvalue weighted by atomic mass is 9.80. The van der Waals surface area contributed by atoms with Gasteiger partial charge in [0.05, 0.1) is 26.9 Å². The number of nitrogens with one attached hydrogen (secondary N) is 1. The Hall–Kier alpha value is -5.88. The number of hydrogen-bond acceptors (Lipinski definition) is 15. The van der Waals surface area contributed by atoms with Gasteiger partial charge in [-0.3, -0.25) is 9.29 Å². The van der Waals surface area contributed by atoms with Crippen molar-refractivity contribution in [2.24, 2.45) is 0 Å². The number of methoxy groups -OCH3 is 2. The van der Waals surface area contributed by atoms with Crippen LogP contribution in [0.15, 0.2) is 116 Å². The Bertz CT molecular complexity index is 2950. The number of nitrogen functional groups attached to an aromatic ring is 1. The predicted octanol–water partition coefficient (Wildman–Crippen LogP) is 8.39. The van der Waals surface area contributed by atoms with Crippen LogP contribution in [-0.4, -0.2) is 70.0 Å². The van der Waals surface area contributed by atoms with Crippen LogP contribution in [-0.2, 0) is 20.8 Å². The summed E-state index contributed by atoms with van der Waals surface area (Å²) in [6.45, 7) is 6.49. The second-order valence-corrected chi connectivity index (χ2v) is 17.5. The monoisotopic (exact) mass is 900 g/mol. The molecule has 1 aliphatic heterocycles. The number of nitrogens with zero attached hydrogens (tertiary/aromatic N) is 4. The molecule has 3 atom stereocenters. The number of fused-ring (bicyclic) bond motifs is 3. The summed E-state index contributed by atoms with van der Waals surface area (Å²) in [5.41, 5.74) is 12.5. The minimum atomic E-state index is -1.09. The standard InChI is InChI=1S/C48H48N6O8S2/c1-27-21-41(56)62-43-28(2)44-36(22-35(27)43)37(29(3)60-44)25-64-52-19-20-63-47-53-42-45(49)50-26-51-46(42)54(47)40-23-38(55)39(61-40)24-59-48(30-9-7-6-8-10-30,31-11-15-33(57-4)16-12-31)32-13-17-34(58-5)18-14-32/h6-18,21-22,26,38-40,52,55H,19-20,23-25H2,1-5H3,(H2,49,50,51). The van der Waals surface area contributed by atoms with Gasteiger partial charge in [0, 0.05) is 52.4 Å². The van der Waals surface area contributed by atoms with Gasteiger partial charge in [0.2, 0.25) is 0 Å². The lowest BCUT2D eigenvalue weighted by Crippen LogP contribution is -2.38. The van der Waals surface area contributed by atoms with Crippen LogP contribution in [0.5, 0.6) is 11.5 Å². The molecule has 0 radical (unpaired) electrons. The van der Waals surface area contributed by atoms with Crippen LogP contribution < -0.4 is 25.6 Å². The fourth-order valence-corrected chi connectivity index (χ4v) is 10.3. The zero-order chi connectivity index (χ0) is 44.5. The second kappa shape index (κ2) is 18.3. The summed E-state index contributed by atoms with van der Waals surface area (Å²) >= 11 is 3.12. The van der Waals surface area contributed by atoms with E-state index in [-0.39, 0.29) is 24.5 Å². The van der Waals surface area contributed by atoms with Crippen LogP contribution in [0, 0.1) is 20.8 Å². The maximum absolute atomic E-state index is 12.1. The SMILES string of the molecule is COc1ccc(C(OCC2OC(n3c(SCCNSCc4c(C)oc5c(C)c6oc(=O)cc(C)c6cc45)nc4c(N)ncnc43)CC2O)(c2ccccc2)c2ccc(OC)cc2)cc1. The first-order valence-corrected chi connectivity index (χ1v) is 22.8. The molecule has 0 aliphatic carbocycles. The van der Waals surface area contributed by atoms with Crippen molar-refractivity contribution in [1.29, 1.82) is 0 Å². The van der Waals surface area contributed by atoms with E-state index >= 15 is 0 Å².